The Labute approximate surface area is 109 Å². The largest absolute Gasteiger partial charge is 0.480 e. The van der Waals surface area contributed by atoms with Gasteiger partial charge in [-0.15, -0.1) is 0 Å². The van der Waals surface area contributed by atoms with Gasteiger partial charge in [-0.3, -0.25) is 0 Å². The third-order valence-electron chi connectivity index (χ3n) is 3.30. The van der Waals surface area contributed by atoms with Crippen LogP contribution in [0, 0.1) is 5.92 Å². The summed E-state index contributed by atoms with van der Waals surface area (Å²) in [5.41, 5.74) is 0.868. The van der Waals surface area contributed by atoms with Gasteiger partial charge in [-0.2, -0.15) is 0 Å². The molecule has 0 radical (unpaired) electrons. The molecule has 17 heavy (non-hydrogen) atoms. The maximum Gasteiger partial charge on any atom is 0.326 e. The number of aliphatic carboxylic acids is 1. The van der Waals surface area contributed by atoms with Gasteiger partial charge in [-0.05, 0) is 43.0 Å². The summed E-state index contributed by atoms with van der Waals surface area (Å²) in [5.74, 6) is -0.490. The molecular weight excluding hydrogens is 282 g/mol. The van der Waals surface area contributed by atoms with Crippen LogP contribution in [0.5, 0.6) is 0 Å². The predicted octanol–water partition coefficient (Wildman–Crippen LogP) is 3.50. The standard InChI is InChI=1S/C13H16BrNO2/c14-10-5-7-11(8-6-10)15-12(13(16)17)9-3-1-2-4-9/h5-9,12,15H,1-4H2,(H,16,17). The van der Waals surface area contributed by atoms with Gasteiger partial charge in [0.15, 0.2) is 0 Å². The van der Waals surface area contributed by atoms with Gasteiger partial charge in [0.05, 0.1) is 0 Å². The van der Waals surface area contributed by atoms with Crippen LogP contribution in [0.25, 0.3) is 0 Å². The van der Waals surface area contributed by atoms with Gasteiger partial charge in [-0.25, -0.2) is 4.79 Å². The van der Waals surface area contributed by atoms with Gasteiger partial charge in [-0.1, -0.05) is 28.8 Å². The third-order valence-corrected chi connectivity index (χ3v) is 3.83. The molecule has 0 saturated heterocycles. The molecule has 0 aromatic heterocycles. The van der Waals surface area contributed by atoms with E-state index in [4.69, 9.17) is 0 Å². The molecule has 0 amide bonds. The normalized spacial score (nSPS) is 17.9. The molecule has 1 saturated carbocycles. The second-order valence-corrected chi connectivity index (χ2v) is 5.43. The van der Waals surface area contributed by atoms with Crippen molar-refractivity contribution in [2.75, 3.05) is 5.32 Å². The van der Waals surface area contributed by atoms with Gasteiger partial charge in [0.1, 0.15) is 6.04 Å². The van der Waals surface area contributed by atoms with Crippen molar-refractivity contribution >= 4 is 27.6 Å². The van der Waals surface area contributed by atoms with Crippen molar-refractivity contribution in [3.05, 3.63) is 28.7 Å². The first kappa shape index (κ1) is 12.4. The summed E-state index contributed by atoms with van der Waals surface area (Å²) < 4.78 is 0.996. The summed E-state index contributed by atoms with van der Waals surface area (Å²) in [6, 6.07) is 7.16. The van der Waals surface area contributed by atoms with Crippen LogP contribution in [0.3, 0.4) is 0 Å². The minimum absolute atomic E-state index is 0.260. The zero-order valence-corrected chi connectivity index (χ0v) is 11.1. The Morgan fingerprint density at radius 3 is 2.41 bits per heavy atom. The van der Waals surface area contributed by atoms with Crippen LogP contribution in [0.15, 0.2) is 28.7 Å². The molecule has 2 N–H and O–H groups in total. The Hall–Kier alpha value is -1.03. The fourth-order valence-electron chi connectivity index (χ4n) is 2.40. The van der Waals surface area contributed by atoms with Crippen LogP contribution >= 0.6 is 15.9 Å². The lowest BCUT2D eigenvalue weighted by atomic mass is 9.98. The van der Waals surface area contributed by atoms with E-state index in [1.54, 1.807) is 0 Å². The molecule has 0 spiro atoms. The van der Waals surface area contributed by atoms with Crippen LogP contribution in [0.4, 0.5) is 5.69 Å². The highest BCUT2D eigenvalue weighted by Gasteiger charge is 2.30. The molecule has 1 aromatic carbocycles. The van der Waals surface area contributed by atoms with Crippen molar-refractivity contribution in [2.24, 2.45) is 5.92 Å². The maximum atomic E-state index is 11.3. The zero-order valence-electron chi connectivity index (χ0n) is 9.53. The van der Waals surface area contributed by atoms with E-state index in [0.717, 1.165) is 35.8 Å². The van der Waals surface area contributed by atoms with E-state index < -0.39 is 12.0 Å². The third kappa shape index (κ3) is 3.22. The molecule has 1 aliphatic rings. The molecule has 1 unspecified atom stereocenters. The molecule has 92 valence electrons. The molecule has 2 rings (SSSR count). The summed E-state index contributed by atoms with van der Waals surface area (Å²) >= 11 is 3.36. The minimum Gasteiger partial charge on any atom is -0.480 e. The number of nitrogens with one attached hydrogen (secondary N) is 1. The van der Waals surface area contributed by atoms with E-state index in [9.17, 15) is 9.90 Å². The number of carboxylic acid groups (broad SMARTS) is 1. The van der Waals surface area contributed by atoms with Crippen molar-refractivity contribution in [2.45, 2.75) is 31.7 Å². The van der Waals surface area contributed by atoms with Crippen LogP contribution < -0.4 is 5.32 Å². The van der Waals surface area contributed by atoms with E-state index in [1.165, 1.54) is 0 Å². The fourth-order valence-corrected chi connectivity index (χ4v) is 2.66. The second kappa shape index (κ2) is 5.54. The smallest absolute Gasteiger partial charge is 0.326 e. The number of carbonyl (C=O) groups is 1. The van der Waals surface area contributed by atoms with Crippen molar-refractivity contribution < 1.29 is 9.90 Å². The quantitative estimate of drug-likeness (QED) is 0.894. The Bertz CT molecular complexity index is 385. The highest BCUT2D eigenvalue weighted by atomic mass is 79.9. The molecule has 0 bridgehead atoms. The van der Waals surface area contributed by atoms with E-state index in [2.05, 4.69) is 21.2 Å². The lowest BCUT2D eigenvalue weighted by Crippen LogP contribution is -2.35. The first-order chi connectivity index (χ1) is 8.16. The topological polar surface area (TPSA) is 49.3 Å². The van der Waals surface area contributed by atoms with Crippen LogP contribution in [0.2, 0.25) is 0 Å². The molecule has 0 aliphatic heterocycles. The number of hydrogen-bond acceptors (Lipinski definition) is 2. The molecule has 1 aliphatic carbocycles. The molecule has 4 heteroatoms. The minimum atomic E-state index is -0.750. The first-order valence-corrected chi connectivity index (χ1v) is 6.71. The molecular formula is C13H16BrNO2. The number of rotatable bonds is 4. The van der Waals surface area contributed by atoms with Gasteiger partial charge >= 0.3 is 5.97 Å². The Balaban J connectivity index is 2.06. The monoisotopic (exact) mass is 297 g/mol. The summed E-state index contributed by atoms with van der Waals surface area (Å²) in [6.07, 6.45) is 4.33. The highest BCUT2D eigenvalue weighted by molar-refractivity contribution is 9.10. The van der Waals surface area contributed by atoms with Crippen LogP contribution in [0.1, 0.15) is 25.7 Å². The van der Waals surface area contributed by atoms with E-state index in [0.29, 0.717) is 0 Å². The second-order valence-electron chi connectivity index (χ2n) is 4.51. The van der Waals surface area contributed by atoms with Gasteiger partial charge in [0.25, 0.3) is 0 Å². The van der Waals surface area contributed by atoms with E-state index >= 15 is 0 Å². The summed E-state index contributed by atoms with van der Waals surface area (Å²) in [4.78, 5) is 11.3. The number of hydrogen-bond donors (Lipinski definition) is 2. The average molecular weight is 298 g/mol. The van der Waals surface area contributed by atoms with Crippen molar-refractivity contribution in [3.8, 4) is 0 Å². The molecule has 1 aromatic rings. The SMILES string of the molecule is O=C(O)C(Nc1ccc(Br)cc1)C1CCCC1. The van der Waals surface area contributed by atoms with Gasteiger partial charge in [0, 0.05) is 10.2 Å². The lowest BCUT2D eigenvalue weighted by molar-refractivity contribution is -0.139. The summed E-state index contributed by atoms with van der Waals surface area (Å²) in [6.45, 7) is 0. The van der Waals surface area contributed by atoms with Crippen molar-refractivity contribution in [1.82, 2.24) is 0 Å². The average Bonchev–Trinajstić information content (AvgIpc) is 2.81. The van der Waals surface area contributed by atoms with Crippen LogP contribution in [-0.4, -0.2) is 17.1 Å². The van der Waals surface area contributed by atoms with Gasteiger partial charge < -0.3 is 10.4 Å². The van der Waals surface area contributed by atoms with Crippen molar-refractivity contribution in [3.63, 3.8) is 0 Å². The van der Waals surface area contributed by atoms with Gasteiger partial charge in [0.2, 0.25) is 0 Å². The summed E-state index contributed by atoms with van der Waals surface area (Å²) in [5, 5.41) is 12.4. The number of halogens is 1. The predicted molar refractivity (Wildman–Crippen MR) is 71.1 cm³/mol. The maximum absolute atomic E-state index is 11.3. The molecule has 3 nitrogen and oxygen atoms in total. The lowest BCUT2D eigenvalue weighted by Gasteiger charge is -2.21. The number of benzene rings is 1. The van der Waals surface area contributed by atoms with Crippen molar-refractivity contribution in [1.29, 1.82) is 0 Å². The Morgan fingerprint density at radius 2 is 1.88 bits per heavy atom. The molecule has 0 heterocycles. The van der Waals surface area contributed by atoms with E-state index in [-0.39, 0.29) is 5.92 Å². The fraction of sp³-hybridized carbons (Fsp3) is 0.462. The Kier molecular flexibility index (Phi) is 4.05. The Morgan fingerprint density at radius 1 is 1.29 bits per heavy atom. The van der Waals surface area contributed by atoms with E-state index in [1.807, 2.05) is 24.3 Å². The summed E-state index contributed by atoms with van der Waals surface area (Å²) in [7, 11) is 0. The highest BCUT2D eigenvalue weighted by Crippen LogP contribution is 2.29. The van der Waals surface area contributed by atoms with Crippen LogP contribution in [-0.2, 0) is 4.79 Å². The molecule has 1 atom stereocenters. The number of carboxylic acids is 1. The first-order valence-electron chi connectivity index (χ1n) is 5.92. The molecule has 1 fully saturated rings. The number of anilines is 1. The zero-order chi connectivity index (χ0) is 12.3.